The van der Waals surface area contributed by atoms with Gasteiger partial charge in [-0.1, -0.05) is 12.8 Å². The fourth-order valence-electron chi connectivity index (χ4n) is 3.08. The highest BCUT2D eigenvalue weighted by Gasteiger charge is 2.36. The van der Waals surface area contributed by atoms with E-state index in [1.165, 1.54) is 25.7 Å². The van der Waals surface area contributed by atoms with Crippen molar-refractivity contribution < 1.29 is 4.79 Å². The number of fused-ring (bicyclic) bond motifs is 1. The second-order valence-electron chi connectivity index (χ2n) is 4.70. The number of hydrogen-bond acceptors (Lipinski definition) is 2. The summed E-state index contributed by atoms with van der Waals surface area (Å²) < 4.78 is 0. The number of amides is 1. The molecule has 0 spiro atoms. The summed E-state index contributed by atoms with van der Waals surface area (Å²) in [5.74, 6) is 1.51. The van der Waals surface area contributed by atoms with Gasteiger partial charge in [-0.3, -0.25) is 4.79 Å². The molecule has 1 aliphatic heterocycles. The quantitative estimate of drug-likeness (QED) is 0.664. The smallest absolute Gasteiger partial charge is 0.209 e. The molecule has 14 heavy (non-hydrogen) atoms. The van der Waals surface area contributed by atoms with E-state index < -0.39 is 0 Å². The number of carbonyl (C=O) groups excluding carboxylic acids is 1. The lowest BCUT2D eigenvalue weighted by atomic mass is 9.87. The minimum Gasteiger partial charge on any atom is -0.345 e. The van der Waals surface area contributed by atoms with Crippen molar-refractivity contribution in [2.24, 2.45) is 11.8 Å². The van der Waals surface area contributed by atoms with Crippen LogP contribution in [0.4, 0.5) is 0 Å². The van der Waals surface area contributed by atoms with E-state index in [2.05, 4.69) is 5.32 Å². The summed E-state index contributed by atoms with van der Waals surface area (Å²) in [4.78, 5) is 12.7. The molecule has 1 aliphatic carbocycles. The zero-order chi connectivity index (χ0) is 9.97. The lowest BCUT2D eigenvalue weighted by Crippen LogP contribution is -2.39. The second kappa shape index (κ2) is 4.30. The number of nitrogens with one attached hydrogen (secondary N) is 1. The first-order chi connectivity index (χ1) is 6.83. The second-order valence-corrected chi connectivity index (χ2v) is 4.70. The van der Waals surface area contributed by atoms with Crippen molar-refractivity contribution in [2.45, 2.75) is 31.7 Å². The minimum atomic E-state index is 0.481. The monoisotopic (exact) mass is 196 g/mol. The number of hydrogen-bond donors (Lipinski definition) is 1. The molecule has 2 fully saturated rings. The number of carbonyl (C=O) groups is 1. The van der Waals surface area contributed by atoms with Gasteiger partial charge in [0.25, 0.3) is 0 Å². The highest BCUT2D eigenvalue weighted by atomic mass is 16.1. The lowest BCUT2D eigenvalue weighted by Gasteiger charge is -2.30. The van der Waals surface area contributed by atoms with Crippen molar-refractivity contribution in [1.82, 2.24) is 10.2 Å². The average Bonchev–Trinajstić information content (AvgIpc) is 2.57. The van der Waals surface area contributed by atoms with Gasteiger partial charge in [-0.05, 0) is 31.2 Å². The third-order valence-corrected chi connectivity index (χ3v) is 3.90. The minimum absolute atomic E-state index is 0.481. The Balaban J connectivity index is 2.08. The van der Waals surface area contributed by atoms with Gasteiger partial charge in [0.05, 0.1) is 0 Å². The molecule has 0 radical (unpaired) electrons. The molecule has 1 saturated heterocycles. The fraction of sp³-hybridized carbons (Fsp3) is 0.909. The summed E-state index contributed by atoms with van der Waals surface area (Å²) in [6.45, 7) is 2.27. The standard InChI is InChI=1S/C11H20N2O/c1-13(8-14)11-5-3-2-4-9-6-12-7-10(9)11/h8-12H,2-7H2,1H3/t9-,10-,11-/m0/s1. The van der Waals surface area contributed by atoms with Gasteiger partial charge in [0.2, 0.25) is 6.41 Å². The van der Waals surface area contributed by atoms with Crippen LogP contribution in [0.25, 0.3) is 0 Å². The Bertz CT molecular complexity index is 207. The molecule has 1 amide bonds. The maximum absolute atomic E-state index is 10.8. The summed E-state index contributed by atoms with van der Waals surface area (Å²) >= 11 is 0. The third-order valence-electron chi connectivity index (χ3n) is 3.90. The van der Waals surface area contributed by atoms with Crippen LogP contribution in [-0.2, 0) is 4.79 Å². The highest BCUT2D eigenvalue weighted by molar-refractivity contribution is 5.47. The van der Waals surface area contributed by atoms with Crippen LogP contribution in [-0.4, -0.2) is 37.5 Å². The lowest BCUT2D eigenvalue weighted by molar-refractivity contribution is -0.120. The van der Waals surface area contributed by atoms with Crippen LogP contribution >= 0.6 is 0 Å². The molecule has 0 aromatic heterocycles. The van der Waals surface area contributed by atoms with Crippen LogP contribution in [0.2, 0.25) is 0 Å². The molecule has 1 N–H and O–H groups in total. The van der Waals surface area contributed by atoms with Crippen LogP contribution in [0.15, 0.2) is 0 Å². The summed E-state index contributed by atoms with van der Waals surface area (Å²) in [5, 5.41) is 3.46. The van der Waals surface area contributed by atoms with E-state index in [-0.39, 0.29) is 0 Å². The van der Waals surface area contributed by atoms with Crippen molar-refractivity contribution in [3.05, 3.63) is 0 Å². The fourth-order valence-corrected chi connectivity index (χ4v) is 3.08. The van der Waals surface area contributed by atoms with E-state index in [1.807, 2.05) is 11.9 Å². The molecule has 3 nitrogen and oxygen atoms in total. The molecule has 3 heteroatoms. The van der Waals surface area contributed by atoms with Crippen LogP contribution in [0, 0.1) is 11.8 Å². The van der Waals surface area contributed by atoms with Crippen LogP contribution < -0.4 is 5.32 Å². The molecule has 1 saturated carbocycles. The van der Waals surface area contributed by atoms with Crippen LogP contribution in [0.3, 0.4) is 0 Å². The topological polar surface area (TPSA) is 32.3 Å². The van der Waals surface area contributed by atoms with Gasteiger partial charge in [-0.2, -0.15) is 0 Å². The van der Waals surface area contributed by atoms with Crippen molar-refractivity contribution in [3.63, 3.8) is 0 Å². The summed E-state index contributed by atoms with van der Waals surface area (Å²) in [6, 6.07) is 0.481. The van der Waals surface area contributed by atoms with Crippen molar-refractivity contribution in [2.75, 3.05) is 20.1 Å². The predicted octanol–water partition coefficient (Wildman–Crippen LogP) is 0.853. The molecule has 2 rings (SSSR count). The molecule has 0 aromatic rings. The molecule has 1 heterocycles. The van der Waals surface area contributed by atoms with E-state index in [4.69, 9.17) is 0 Å². The molecule has 0 unspecified atom stereocenters. The first-order valence-electron chi connectivity index (χ1n) is 5.71. The largest absolute Gasteiger partial charge is 0.345 e. The third kappa shape index (κ3) is 1.78. The maximum atomic E-state index is 10.8. The first-order valence-corrected chi connectivity index (χ1v) is 5.71. The first kappa shape index (κ1) is 9.97. The van der Waals surface area contributed by atoms with E-state index in [1.54, 1.807) is 0 Å². The average molecular weight is 196 g/mol. The summed E-state index contributed by atoms with van der Waals surface area (Å²) in [7, 11) is 1.93. The van der Waals surface area contributed by atoms with Crippen LogP contribution in [0.1, 0.15) is 25.7 Å². The Labute approximate surface area is 85.8 Å². The van der Waals surface area contributed by atoms with E-state index in [9.17, 15) is 4.79 Å². The summed E-state index contributed by atoms with van der Waals surface area (Å²) in [6.07, 6.45) is 6.16. The molecule has 80 valence electrons. The van der Waals surface area contributed by atoms with Crippen LogP contribution in [0.5, 0.6) is 0 Å². The zero-order valence-electron chi connectivity index (χ0n) is 8.91. The summed E-state index contributed by atoms with van der Waals surface area (Å²) in [5.41, 5.74) is 0. The van der Waals surface area contributed by atoms with Gasteiger partial charge in [0.1, 0.15) is 0 Å². The van der Waals surface area contributed by atoms with E-state index in [0.717, 1.165) is 25.4 Å². The maximum Gasteiger partial charge on any atom is 0.209 e. The number of rotatable bonds is 2. The van der Waals surface area contributed by atoms with Gasteiger partial charge >= 0.3 is 0 Å². The molecule has 0 aromatic carbocycles. The molecule has 2 aliphatic rings. The van der Waals surface area contributed by atoms with Gasteiger partial charge in [-0.15, -0.1) is 0 Å². The zero-order valence-corrected chi connectivity index (χ0v) is 8.91. The molecular weight excluding hydrogens is 176 g/mol. The van der Waals surface area contributed by atoms with Gasteiger partial charge < -0.3 is 10.2 Å². The number of nitrogens with zero attached hydrogens (tertiary/aromatic N) is 1. The van der Waals surface area contributed by atoms with Gasteiger partial charge in [-0.25, -0.2) is 0 Å². The Morgan fingerprint density at radius 3 is 2.86 bits per heavy atom. The van der Waals surface area contributed by atoms with Gasteiger partial charge in [0, 0.05) is 19.6 Å². The Morgan fingerprint density at radius 1 is 1.29 bits per heavy atom. The molecular formula is C11H20N2O. The van der Waals surface area contributed by atoms with Crippen molar-refractivity contribution in [1.29, 1.82) is 0 Å². The Hall–Kier alpha value is -0.570. The van der Waals surface area contributed by atoms with Crippen molar-refractivity contribution >= 4 is 6.41 Å². The Kier molecular flexibility index (Phi) is 3.06. The van der Waals surface area contributed by atoms with Gasteiger partial charge in [0.15, 0.2) is 0 Å². The Morgan fingerprint density at radius 2 is 2.07 bits per heavy atom. The van der Waals surface area contributed by atoms with E-state index in [0.29, 0.717) is 12.0 Å². The van der Waals surface area contributed by atoms with E-state index >= 15 is 0 Å². The molecule has 0 bridgehead atoms. The normalized spacial score (nSPS) is 37.4. The van der Waals surface area contributed by atoms with Crippen molar-refractivity contribution in [3.8, 4) is 0 Å². The molecule has 3 atom stereocenters. The SMILES string of the molecule is CN(C=O)[C@H]1CCCC[C@H]2CNC[C@@H]21. The highest BCUT2D eigenvalue weighted by Crippen LogP contribution is 2.33. The predicted molar refractivity (Wildman–Crippen MR) is 55.9 cm³/mol.